The molecule has 0 amide bonds. The molecule has 1 aliphatic rings. The lowest BCUT2D eigenvalue weighted by Crippen LogP contribution is -2.41. The number of methoxy groups -OCH3 is 1. The van der Waals surface area contributed by atoms with Gasteiger partial charge in [-0.25, -0.2) is 0 Å². The molecule has 1 aromatic rings. The molecule has 2 N–H and O–H groups in total. The molecular weight excluding hydrogens is 260 g/mol. The van der Waals surface area contributed by atoms with Crippen molar-refractivity contribution in [2.24, 2.45) is 11.7 Å². The summed E-state index contributed by atoms with van der Waals surface area (Å²) < 4.78 is 5.18. The number of rotatable bonds is 4. The van der Waals surface area contributed by atoms with E-state index in [2.05, 4.69) is 24.0 Å². The van der Waals surface area contributed by atoms with E-state index >= 15 is 0 Å². The van der Waals surface area contributed by atoms with Gasteiger partial charge in [-0.3, -0.25) is 4.90 Å². The number of hydrogen-bond donors (Lipinski definition) is 1. The molecule has 1 heterocycles. The first-order chi connectivity index (χ1) is 8.69. The van der Waals surface area contributed by atoms with Crippen LogP contribution < -0.4 is 10.5 Å². The Morgan fingerprint density at radius 2 is 2.05 bits per heavy atom. The number of halogens is 1. The zero-order valence-electron chi connectivity index (χ0n) is 11.8. The first-order valence-corrected chi connectivity index (χ1v) is 6.80. The predicted octanol–water partition coefficient (Wildman–Crippen LogP) is 2.68. The maximum Gasteiger partial charge on any atom is 0.118 e. The van der Waals surface area contributed by atoms with Gasteiger partial charge >= 0.3 is 0 Å². The lowest BCUT2D eigenvalue weighted by Gasteiger charge is -2.34. The summed E-state index contributed by atoms with van der Waals surface area (Å²) in [5.41, 5.74) is 7.37. The fraction of sp³-hybridized carbons (Fsp3) is 0.600. The lowest BCUT2D eigenvalue weighted by molar-refractivity contribution is 0.154. The van der Waals surface area contributed by atoms with Crippen molar-refractivity contribution in [3.63, 3.8) is 0 Å². The van der Waals surface area contributed by atoms with Crippen molar-refractivity contribution in [3.8, 4) is 5.75 Å². The van der Waals surface area contributed by atoms with Crippen molar-refractivity contribution < 1.29 is 4.74 Å². The van der Waals surface area contributed by atoms with E-state index in [9.17, 15) is 0 Å². The minimum Gasteiger partial charge on any atom is -0.497 e. The van der Waals surface area contributed by atoms with Crippen LogP contribution in [0.5, 0.6) is 5.75 Å². The minimum absolute atomic E-state index is 0. The van der Waals surface area contributed by atoms with Crippen molar-refractivity contribution in [2.45, 2.75) is 32.4 Å². The van der Waals surface area contributed by atoms with Crippen LogP contribution in [-0.2, 0) is 6.54 Å². The van der Waals surface area contributed by atoms with Gasteiger partial charge in [0.1, 0.15) is 5.75 Å². The monoisotopic (exact) mass is 284 g/mol. The first-order valence-electron chi connectivity index (χ1n) is 6.80. The van der Waals surface area contributed by atoms with Gasteiger partial charge < -0.3 is 10.5 Å². The number of nitrogens with two attached hydrogens (primary N) is 1. The highest BCUT2D eigenvalue weighted by Crippen LogP contribution is 2.21. The van der Waals surface area contributed by atoms with Gasteiger partial charge in [0, 0.05) is 19.1 Å². The molecule has 3 nitrogen and oxygen atoms in total. The fourth-order valence-electron chi connectivity index (χ4n) is 2.65. The summed E-state index contributed by atoms with van der Waals surface area (Å²) in [6, 6.07) is 8.66. The van der Waals surface area contributed by atoms with Crippen LogP contribution >= 0.6 is 12.4 Å². The second kappa shape index (κ2) is 7.73. The SMILES string of the molecule is COc1ccc(CN2CCCC(C(C)N)C2)cc1.Cl. The van der Waals surface area contributed by atoms with E-state index in [4.69, 9.17) is 10.5 Å². The predicted molar refractivity (Wildman–Crippen MR) is 81.9 cm³/mol. The Balaban J connectivity index is 0.00000180. The fourth-order valence-corrected chi connectivity index (χ4v) is 2.65. The van der Waals surface area contributed by atoms with Crippen LogP contribution in [0.2, 0.25) is 0 Å². The molecule has 2 unspecified atom stereocenters. The van der Waals surface area contributed by atoms with Gasteiger partial charge in [0.2, 0.25) is 0 Å². The first kappa shape index (κ1) is 16.3. The molecule has 1 fully saturated rings. The molecule has 108 valence electrons. The smallest absolute Gasteiger partial charge is 0.118 e. The highest BCUT2D eigenvalue weighted by molar-refractivity contribution is 5.85. The molecule has 0 radical (unpaired) electrons. The van der Waals surface area contributed by atoms with Crippen LogP contribution in [0, 0.1) is 5.92 Å². The van der Waals surface area contributed by atoms with Crippen molar-refractivity contribution in [1.82, 2.24) is 4.90 Å². The van der Waals surface area contributed by atoms with E-state index in [0.29, 0.717) is 12.0 Å². The third kappa shape index (κ3) is 4.68. The average Bonchev–Trinajstić information content (AvgIpc) is 2.40. The molecule has 0 aliphatic carbocycles. The van der Waals surface area contributed by atoms with Crippen molar-refractivity contribution >= 4 is 12.4 Å². The maximum absolute atomic E-state index is 6.02. The molecule has 0 bridgehead atoms. The molecule has 1 saturated heterocycles. The van der Waals surface area contributed by atoms with Crippen molar-refractivity contribution in [3.05, 3.63) is 29.8 Å². The Hall–Kier alpha value is -0.770. The van der Waals surface area contributed by atoms with Gasteiger partial charge in [-0.2, -0.15) is 0 Å². The van der Waals surface area contributed by atoms with Crippen LogP contribution in [-0.4, -0.2) is 31.1 Å². The summed E-state index contributed by atoms with van der Waals surface area (Å²) in [5.74, 6) is 1.57. The summed E-state index contributed by atoms with van der Waals surface area (Å²) in [4.78, 5) is 2.51. The molecule has 1 aromatic carbocycles. The van der Waals surface area contributed by atoms with E-state index in [-0.39, 0.29) is 12.4 Å². The van der Waals surface area contributed by atoms with Crippen molar-refractivity contribution in [2.75, 3.05) is 20.2 Å². The number of nitrogens with zero attached hydrogens (tertiary/aromatic N) is 1. The Bertz CT molecular complexity index is 367. The molecule has 1 aliphatic heterocycles. The number of hydrogen-bond acceptors (Lipinski definition) is 3. The molecule has 0 spiro atoms. The third-order valence-corrected chi connectivity index (χ3v) is 3.85. The van der Waals surface area contributed by atoms with Crippen LogP contribution in [0.25, 0.3) is 0 Å². The average molecular weight is 285 g/mol. The molecule has 19 heavy (non-hydrogen) atoms. The highest BCUT2D eigenvalue weighted by atomic mass is 35.5. The summed E-state index contributed by atoms with van der Waals surface area (Å²) in [6.07, 6.45) is 2.54. The Kier molecular flexibility index (Phi) is 6.63. The quantitative estimate of drug-likeness (QED) is 0.924. The van der Waals surface area contributed by atoms with E-state index in [1.54, 1.807) is 7.11 Å². The lowest BCUT2D eigenvalue weighted by atomic mass is 9.92. The summed E-state index contributed by atoms with van der Waals surface area (Å²) >= 11 is 0. The summed E-state index contributed by atoms with van der Waals surface area (Å²) in [5, 5.41) is 0. The largest absolute Gasteiger partial charge is 0.497 e. The zero-order valence-corrected chi connectivity index (χ0v) is 12.7. The van der Waals surface area contributed by atoms with E-state index in [0.717, 1.165) is 18.8 Å². The molecule has 0 aromatic heterocycles. The van der Waals surface area contributed by atoms with E-state index in [1.807, 2.05) is 12.1 Å². The molecule has 4 heteroatoms. The van der Waals surface area contributed by atoms with E-state index in [1.165, 1.54) is 24.9 Å². The maximum atomic E-state index is 6.02. The van der Waals surface area contributed by atoms with Crippen LogP contribution in [0.15, 0.2) is 24.3 Å². The van der Waals surface area contributed by atoms with Gasteiger partial charge in [-0.15, -0.1) is 12.4 Å². The number of piperidine rings is 1. The minimum atomic E-state index is 0. The highest BCUT2D eigenvalue weighted by Gasteiger charge is 2.22. The Morgan fingerprint density at radius 3 is 2.63 bits per heavy atom. The van der Waals surface area contributed by atoms with Gasteiger partial charge in [0.05, 0.1) is 7.11 Å². The summed E-state index contributed by atoms with van der Waals surface area (Å²) in [6.45, 7) is 5.47. The second-order valence-electron chi connectivity index (χ2n) is 5.34. The van der Waals surface area contributed by atoms with Crippen molar-refractivity contribution in [1.29, 1.82) is 0 Å². The summed E-state index contributed by atoms with van der Waals surface area (Å²) in [7, 11) is 1.70. The molecule has 2 atom stereocenters. The number of likely N-dealkylation sites (tertiary alicyclic amines) is 1. The van der Waals surface area contributed by atoms with E-state index < -0.39 is 0 Å². The number of ether oxygens (including phenoxy) is 1. The molecule has 0 saturated carbocycles. The number of benzene rings is 1. The Labute approximate surface area is 122 Å². The Morgan fingerprint density at radius 1 is 1.37 bits per heavy atom. The normalized spacial score (nSPS) is 21.5. The van der Waals surface area contributed by atoms with Gasteiger partial charge in [0.15, 0.2) is 0 Å². The van der Waals surface area contributed by atoms with Gasteiger partial charge in [0.25, 0.3) is 0 Å². The van der Waals surface area contributed by atoms with Gasteiger partial charge in [-0.1, -0.05) is 12.1 Å². The zero-order chi connectivity index (χ0) is 13.0. The van der Waals surface area contributed by atoms with Crippen LogP contribution in [0.1, 0.15) is 25.3 Å². The molecule has 2 rings (SSSR count). The standard InChI is InChI=1S/C15H24N2O.ClH/c1-12(16)14-4-3-9-17(11-14)10-13-5-7-15(18-2)8-6-13;/h5-8,12,14H,3-4,9-11,16H2,1-2H3;1H. The topological polar surface area (TPSA) is 38.5 Å². The molecular formula is C15H25ClN2O. The second-order valence-corrected chi connectivity index (χ2v) is 5.34. The van der Waals surface area contributed by atoms with Crippen LogP contribution in [0.3, 0.4) is 0 Å². The van der Waals surface area contributed by atoms with Crippen LogP contribution in [0.4, 0.5) is 0 Å². The van der Waals surface area contributed by atoms with Gasteiger partial charge in [-0.05, 0) is 49.9 Å². The third-order valence-electron chi connectivity index (χ3n) is 3.85.